The molecule has 2 atom stereocenters. The number of fused-ring (bicyclic) bond motifs is 2. The minimum atomic E-state index is -0.741. The van der Waals surface area contributed by atoms with Gasteiger partial charge in [-0.1, -0.05) is 0 Å². The van der Waals surface area contributed by atoms with E-state index in [0.29, 0.717) is 0 Å². The maximum Gasteiger partial charge on any atom is 0.410 e. The molecule has 0 radical (unpaired) electrons. The number of nitrogens with zero attached hydrogens (tertiary/aromatic N) is 1. The molecule has 2 rings (SSSR count). The third-order valence-electron chi connectivity index (χ3n) is 3.90. The first-order valence-electron chi connectivity index (χ1n) is 6.99. The molecule has 2 saturated heterocycles. The highest BCUT2D eigenvalue weighted by molar-refractivity contribution is 5.70. The second-order valence-corrected chi connectivity index (χ2v) is 6.71. The second kappa shape index (κ2) is 5.02. The number of carboxylic acids is 1. The molecule has 2 aliphatic rings. The van der Waals surface area contributed by atoms with Crippen molar-refractivity contribution in [1.82, 2.24) is 4.90 Å². The van der Waals surface area contributed by atoms with E-state index in [-0.39, 0.29) is 30.5 Å². The topological polar surface area (TPSA) is 66.8 Å². The van der Waals surface area contributed by atoms with E-state index in [1.807, 2.05) is 25.7 Å². The van der Waals surface area contributed by atoms with Gasteiger partial charge in [0.05, 0.1) is 0 Å². The highest BCUT2D eigenvalue weighted by Gasteiger charge is 2.45. The van der Waals surface area contributed by atoms with Crippen molar-refractivity contribution >= 4 is 12.1 Å². The first-order chi connectivity index (χ1) is 8.76. The summed E-state index contributed by atoms with van der Waals surface area (Å²) in [7, 11) is 0. The Morgan fingerprint density at radius 3 is 2.16 bits per heavy atom. The van der Waals surface area contributed by atoms with Gasteiger partial charge in [0, 0.05) is 18.5 Å². The fourth-order valence-electron chi connectivity index (χ4n) is 3.32. The van der Waals surface area contributed by atoms with Crippen LogP contribution >= 0.6 is 0 Å². The van der Waals surface area contributed by atoms with Crippen molar-refractivity contribution < 1.29 is 19.4 Å². The van der Waals surface area contributed by atoms with Crippen molar-refractivity contribution in [2.45, 2.75) is 70.6 Å². The molecule has 108 valence electrons. The van der Waals surface area contributed by atoms with Gasteiger partial charge in [-0.05, 0) is 52.4 Å². The van der Waals surface area contributed by atoms with Crippen molar-refractivity contribution in [2.75, 3.05) is 0 Å². The Morgan fingerprint density at radius 1 is 1.21 bits per heavy atom. The third-order valence-corrected chi connectivity index (χ3v) is 3.90. The van der Waals surface area contributed by atoms with E-state index in [9.17, 15) is 9.59 Å². The Kier molecular flexibility index (Phi) is 3.74. The molecule has 0 aromatic rings. The van der Waals surface area contributed by atoms with Crippen molar-refractivity contribution in [1.29, 1.82) is 0 Å². The number of carboxylic acid groups (broad SMARTS) is 1. The number of hydrogen-bond acceptors (Lipinski definition) is 3. The fraction of sp³-hybridized carbons (Fsp3) is 0.857. The van der Waals surface area contributed by atoms with E-state index < -0.39 is 11.6 Å². The van der Waals surface area contributed by atoms with Crippen molar-refractivity contribution in [3.05, 3.63) is 0 Å². The molecule has 5 heteroatoms. The Balaban J connectivity index is 1.99. The van der Waals surface area contributed by atoms with Crippen LogP contribution in [-0.2, 0) is 9.53 Å². The minimum absolute atomic E-state index is 0.165. The van der Waals surface area contributed by atoms with E-state index in [4.69, 9.17) is 9.84 Å². The molecule has 2 fully saturated rings. The monoisotopic (exact) mass is 269 g/mol. The van der Waals surface area contributed by atoms with Crippen LogP contribution in [0.5, 0.6) is 0 Å². The minimum Gasteiger partial charge on any atom is -0.481 e. The van der Waals surface area contributed by atoms with Crippen LogP contribution in [0.3, 0.4) is 0 Å². The quantitative estimate of drug-likeness (QED) is 0.836. The van der Waals surface area contributed by atoms with Gasteiger partial charge < -0.3 is 14.7 Å². The number of rotatable bonds is 2. The van der Waals surface area contributed by atoms with Gasteiger partial charge in [-0.15, -0.1) is 0 Å². The number of amides is 1. The van der Waals surface area contributed by atoms with E-state index in [1.54, 1.807) is 0 Å². The van der Waals surface area contributed by atoms with Crippen LogP contribution in [-0.4, -0.2) is 39.8 Å². The molecular weight excluding hydrogens is 246 g/mol. The molecule has 0 aromatic heterocycles. The Morgan fingerprint density at radius 2 is 1.74 bits per heavy atom. The summed E-state index contributed by atoms with van der Waals surface area (Å²) in [6, 6.07) is 0.330. The highest BCUT2D eigenvalue weighted by atomic mass is 16.6. The van der Waals surface area contributed by atoms with Crippen molar-refractivity contribution in [3.8, 4) is 0 Å². The lowest BCUT2D eigenvalue weighted by atomic mass is 9.88. The lowest BCUT2D eigenvalue weighted by Crippen LogP contribution is -2.48. The van der Waals surface area contributed by atoms with Gasteiger partial charge in [-0.2, -0.15) is 0 Å². The van der Waals surface area contributed by atoms with E-state index in [0.717, 1.165) is 25.7 Å². The van der Waals surface area contributed by atoms with Gasteiger partial charge in [0.2, 0.25) is 0 Å². The SMILES string of the molecule is CC(C)(C)OC(=O)N1[C@@H]2CC[C@@H]1CC(CC(=O)O)C2. The predicted molar refractivity (Wildman–Crippen MR) is 69.9 cm³/mol. The summed E-state index contributed by atoms with van der Waals surface area (Å²) in [5.41, 5.74) is -0.478. The van der Waals surface area contributed by atoms with E-state index in [2.05, 4.69) is 0 Å². The lowest BCUT2D eigenvalue weighted by Gasteiger charge is -2.39. The van der Waals surface area contributed by atoms with Crippen LogP contribution in [0.2, 0.25) is 0 Å². The molecule has 0 spiro atoms. The van der Waals surface area contributed by atoms with Crippen molar-refractivity contribution in [2.24, 2.45) is 5.92 Å². The zero-order valence-corrected chi connectivity index (χ0v) is 11.9. The Labute approximate surface area is 113 Å². The maximum absolute atomic E-state index is 12.2. The number of carbonyl (C=O) groups is 2. The fourth-order valence-corrected chi connectivity index (χ4v) is 3.32. The van der Waals surface area contributed by atoms with Gasteiger partial charge in [0.1, 0.15) is 5.60 Å². The van der Waals surface area contributed by atoms with Gasteiger partial charge in [0.15, 0.2) is 0 Å². The summed E-state index contributed by atoms with van der Waals surface area (Å²) in [5, 5.41) is 8.88. The molecule has 0 saturated carbocycles. The molecular formula is C14H23NO4. The van der Waals surface area contributed by atoms with Gasteiger partial charge in [-0.3, -0.25) is 4.79 Å². The van der Waals surface area contributed by atoms with Crippen LogP contribution in [0.25, 0.3) is 0 Å². The molecule has 2 bridgehead atoms. The van der Waals surface area contributed by atoms with E-state index >= 15 is 0 Å². The number of carbonyl (C=O) groups excluding carboxylic acids is 1. The molecule has 2 aliphatic heterocycles. The number of aliphatic carboxylic acids is 1. The number of hydrogen-bond donors (Lipinski definition) is 1. The summed E-state index contributed by atoms with van der Waals surface area (Å²) < 4.78 is 5.45. The third kappa shape index (κ3) is 3.39. The Hall–Kier alpha value is -1.26. The zero-order valence-electron chi connectivity index (χ0n) is 11.9. The first-order valence-corrected chi connectivity index (χ1v) is 6.99. The molecule has 0 aliphatic carbocycles. The summed E-state index contributed by atoms with van der Waals surface area (Å²) in [5.74, 6) is -0.538. The molecule has 0 aromatic carbocycles. The lowest BCUT2D eigenvalue weighted by molar-refractivity contribution is -0.138. The van der Waals surface area contributed by atoms with Crippen LogP contribution in [0.1, 0.15) is 52.9 Å². The average Bonchev–Trinajstić information content (AvgIpc) is 2.47. The smallest absolute Gasteiger partial charge is 0.410 e. The van der Waals surface area contributed by atoms with Gasteiger partial charge in [0.25, 0.3) is 0 Å². The van der Waals surface area contributed by atoms with Gasteiger partial charge in [-0.25, -0.2) is 4.79 Å². The molecule has 1 N–H and O–H groups in total. The van der Waals surface area contributed by atoms with Crippen LogP contribution in [0, 0.1) is 5.92 Å². The average molecular weight is 269 g/mol. The summed E-state index contributed by atoms with van der Waals surface area (Å²) in [6.45, 7) is 5.60. The van der Waals surface area contributed by atoms with Crippen molar-refractivity contribution in [3.63, 3.8) is 0 Å². The van der Waals surface area contributed by atoms with Crippen LogP contribution in [0.15, 0.2) is 0 Å². The van der Waals surface area contributed by atoms with Gasteiger partial charge >= 0.3 is 12.1 Å². The maximum atomic E-state index is 12.2. The standard InChI is InChI=1S/C14H23NO4/c1-14(2,3)19-13(18)15-10-4-5-11(15)7-9(6-10)8-12(16)17/h9-11H,4-8H2,1-3H3,(H,16,17)/t10-,11-/m1/s1. The second-order valence-electron chi connectivity index (χ2n) is 6.71. The molecule has 1 amide bonds. The number of ether oxygens (including phenoxy) is 1. The summed E-state index contributed by atoms with van der Waals surface area (Å²) >= 11 is 0. The molecule has 0 unspecified atom stereocenters. The normalized spacial score (nSPS) is 30.3. The summed E-state index contributed by atoms with van der Waals surface area (Å²) in [6.07, 6.45) is 3.51. The zero-order chi connectivity index (χ0) is 14.2. The summed E-state index contributed by atoms with van der Waals surface area (Å²) in [4.78, 5) is 24.8. The first kappa shape index (κ1) is 14.2. The molecule has 19 heavy (non-hydrogen) atoms. The van der Waals surface area contributed by atoms with Crippen LogP contribution < -0.4 is 0 Å². The van der Waals surface area contributed by atoms with Crippen LogP contribution in [0.4, 0.5) is 4.79 Å². The Bertz CT molecular complexity index is 360. The molecule has 2 heterocycles. The molecule has 5 nitrogen and oxygen atoms in total. The largest absolute Gasteiger partial charge is 0.481 e. The number of piperidine rings is 1. The highest BCUT2D eigenvalue weighted by Crippen LogP contribution is 2.40. The van der Waals surface area contributed by atoms with E-state index in [1.165, 1.54) is 0 Å². The predicted octanol–water partition coefficient (Wildman–Crippen LogP) is 2.64.